The molecule has 0 aliphatic carbocycles. The van der Waals surface area contributed by atoms with E-state index in [1.54, 1.807) is 0 Å². The Morgan fingerprint density at radius 1 is 0.969 bits per heavy atom. The van der Waals surface area contributed by atoms with Crippen molar-refractivity contribution in [2.24, 2.45) is 14.1 Å². The van der Waals surface area contributed by atoms with Gasteiger partial charge in [0.2, 0.25) is 0 Å². The molecule has 0 atom stereocenters. The number of nitrogens with zero attached hydrogens (tertiary/aromatic N) is 4. The highest BCUT2D eigenvalue weighted by Gasteiger charge is 2.31. The molecule has 0 saturated carbocycles. The maximum absolute atomic E-state index is 13.3. The molecule has 0 aliphatic rings. The predicted octanol–water partition coefficient (Wildman–Crippen LogP) is 3.62. The lowest BCUT2D eigenvalue weighted by Gasteiger charge is -2.13. The van der Waals surface area contributed by atoms with Crippen LogP contribution < -0.4 is 11.2 Å². The van der Waals surface area contributed by atoms with Crippen LogP contribution in [-0.2, 0) is 20.3 Å². The first-order valence-corrected chi connectivity index (χ1v) is 9.24. The van der Waals surface area contributed by atoms with Crippen molar-refractivity contribution in [1.29, 1.82) is 0 Å². The van der Waals surface area contributed by atoms with Gasteiger partial charge in [0.25, 0.3) is 11.2 Å². The summed E-state index contributed by atoms with van der Waals surface area (Å²) in [6.45, 7) is 0. The minimum atomic E-state index is -4.60. The van der Waals surface area contributed by atoms with Gasteiger partial charge in [0.1, 0.15) is 0 Å². The van der Waals surface area contributed by atoms with E-state index in [-0.39, 0.29) is 33.5 Å². The molecule has 8 nitrogen and oxygen atoms in total. The summed E-state index contributed by atoms with van der Waals surface area (Å²) < 4.78 is 43.3. The van der Waals surface area contributed by atoms with Gasteiger partial charge < -0.3 is 4.57 Å². The minimum absolute atomic E-state index is 0.0486. The number of aryl methyl sites for hydroxylation is 1. The largest absolute Gasteiger partial charge is 0.416 e. The van der Waals surface area contributed by atoms with Crippen LogP contribution in [0.25, 0.3) is 27.8 Å². The number of halogens is 3. The highest BCUT2D eigenvalue weighted by Crippen LogP contribution is 2.35. The number of nitro benzene ring substituents is 1. The zero-order chi connectivity index (χ0) is 23.4. The topological polar surface area (TPSA) is 92.1 Å². The molecule has 2 heterocycles. The van der Waals surface area contributed by atoms with E-state index in [2.05, 4.69) is 0 Å². The molecule has 0 fully saturated rings. The van der Waals surface area contributed by atoms with Gasteiger partial charge in [-0.3, -0.25) is 24.0 Å². The van der Waals surface area contributed by atoms with Gasteiger partial charge in [0, 0.05) is 43.7 Å². The Labute approximate surface area is 177 Å². The van der Waals surface area contributed by atoms with E-state index >= 15 is 0 Å². The summed E-state index contributed by atoms with van der Waals surface area (Å²) in [4.78, 5) is 36.1. The second-order valence-corrected chi connectivity index (χ2v) is 7.17. The Bertz CT molecular complexity index is 1510. The van der Waals surface area contributed by atoms with Crippen molar-refractivity contribution in [1.82, 2.24) is 13.7 Å². The molecule has 2 aromatic carbocycles. The second-order valence-electron chi connectivity index (χ2n) is 7.17. The summed E-state index contributed by atoms with van der Waals surface area (Å²) in [5.41, 5.74) is -1.82. The Hall–Kier alpha value is -4.15. The van der Waals surface area contributed by atoms with E-state index in [0.717, 1.165) is 16.7 Å². The molecule has 0 saturated heterocycles. The fourth-order valence-electron chi connectivity index (χ4n) is 3.63. The molecule has 32 heavy (non-hydrogen) atoms. The summed E-state index contributed by atoms with van der Waals surface area (Å²) in [6.07, 6.45) is -3.22. The van der Waals surface area contributed by atoms with Crippen molar-refractivity contribution in [2.45, 2.75) is 6.18 Å². The molecule has 4 rings (SSSR count). The number of benzene rings is 2. The molecular formula is C21H15F3N4O4. The third kappa shape index (κ3) is 3.27. The van der Waals surface area contributed by atoms with Crippen LogP contribution in [-0.4, -0.2) is 18.6 Å². The van der Waals surface area contributed by atoms with Gasteiger partial charge in [-0.15, -0.1) is 0 Å². The number of fused-ring (bicyclic) bond motifs is 1. The van der Waals surface area contributed by atoms with Gasteiger partial charge in [0.05, 0.1) is 27.1 Å². The van der Waals surface area contributed by atoms with Crippen molar-refractivity contribution in [3.63, 3.8) is 0 Å². The molecular weight excluding hydrogens is 429 g/mol. The molecule has 4 aromatic rings. The highest BCUT2D eigenvalue weighted by molar-refractivity contribution is 5.95. The fourth-order valence-corrected chi connectivity index (χ4v) is 3.63. The van der Waals surface area contributed by atoms with Crippen LogP contribution in [0.5, 0.6) is 0 Å². The first-order chi connectivity index (χ1) is 15.0. The van der Waals surface area contributed by atoms with E-state index in [9.17, 15) is 32.9 Å². The maximum Gasteiger partial charge on any atom is 0.416 e. The summed E-state index contributed by atoms with van der Waals surface area (Å²) in [5, 5.41) is 11.3. The Balaban J connectivity index is 2.17. The molecule has 0 bridgehead atoms. The number of hydrogen-bond donors (Lipinski definition) is 0. The lowest BCUT2D eigenvalue weighted by Crippen LogP contribution is -2.36. The van der Waals surface area contributed by atoms with Gasteiger partial charge in [0.15, 0.2) is 0 Å². The number of nitro groups is 1. The Kier molecular flexibility index (Phi) is 4.76. The van der Waals surface area contributed by atoms with Crippen molar-refractivity contribution in [3.8, 4) is 16.9 Å². The third-order valence-corrected chi connectivity index (χ3v) is 5.22. The Morgan fingerprint density at radius 3 is 2.31 bits per heavy atom. The first-order valence-electron chi connectivity index (χ1n) is 9.24. The van der Waals surface area contributed by atoms with Crippen LogP contribution in [0.3, 0.4) is 0 Å². The van der Waals surface area contributed by atoms with E-state index in [4.69, 9.17) is 0 Å². The first kappa shape index (κ1) is 21.1. The second kappa shape index (κ2) is 7.22. The number of alkyl halides is 3. The lowest BCUT2D eigenvalue weighted by atomic mass is 10.1. The van der Waals surface area contributed by atoms with Gasteiger partial charge in [-0.25, -0.2) is 4.79 Å². The maximum atomic E-state index is 13.3. The standard InChI is InChI=1S/C21H15F3N4O4/c1-25-16-11-27(14-7-4-6-13(10-14)21(22,23)24)18(17(16)19(29)26(2)20(25)30)12-5-3-8-15(9-12)28(31)32/h3-11H,1-2H3. The van der Waals surface area contributed by atoms with Crippen molar-refractivity contribution in [3.05, 3.63) is 91.2 Å². The molecule has 0 unspecified atom stereocenters. The number of rotatable bonds is 3. The van der Waals surface area contributed by atoms with Crippen LogP contribution in [0.2, 0.25) is 0 Å². The number of aromatic nitrogens is 3. The summed E-state index contributed by atoms with van der Waals surface area (Å²) >= 11 is 0. The van der Waals surface area contributed by atoms with Gasteiger partial charge in [-0.1, -0.05) is 18.2 Å². The van der Waals surface area contributed by atoms with Crippen LogP contribution in [0.15, 0.2) is 64.3 Å². The van der Waals surface area contributed by atoms with Gasteiger partial charge in [-0.05, 0) is 18.2 Å². The van der Waals surface area contributed by atoms with Crippen molar-refractivity contribution < 1.29 is 18.1 Å². The molecule has 0 radical (unpaired) electrons. The van der Waals surface area contributed by atoms with E-state index < -0.39 is 27.9 Å². The average Bonchev–Trinajstić information content (AvgIpc) is 3.16. The zero-order valence-corrected chi connectivity index (χ0v) is 16.8. The summed E-state index contributed by atoms with van der Waals surface area (Å²) in [6, 6.07) is 9.86. The summed E-state index contributed by atoms with van der Waals surface area (Å²) in [7, 11) is 2.71. The van der Waals surface area contributed by atoms with Gasteiger partial charge >= 0.3 is 11.9 Å². The molecule has 11 heteroatoms. The van der Waals surface area contributed by atoms with Crippen LogP contribution in [0.4, 0.5) is 18.9 Å². The Morgan fingerprint density at radius 2 is 1.66 bits per heavy atom. The van der Waals surface area contributed by atoms with Crippen molar-refractivity contribution in [2.75, 3.05) is 0 Å². The highest BCUT2D eigenvalue weighted by atomic mass is 19.4. The molecule has 0 amide bonds. The normalized spacial score (nSPS) is 11.8. The van der Waals surface area contributed by atoms with E-state index in [1.165, 1.54) is 65.8 Å². The minimum Gasteiger partial charge on any atom is -0.314 e. The quantitative estimate of drug-likeness (QED) is 0.356. The number of hydrogen-bond acceptors (Lipinski definition) is 4. The summed E-state index contributed by atoms with van der Waals surface area (Å²) in [5.74, 6) is 0. The smallest absolute Gasteiger partial charge is 0.314 e. The molecule has 0 N–H and O–H groups in total. The predicted molar refractivity (Wildman–Crippen MR) is 111 cm³/mol. The van der Waals surface area contributed by atoms with E-state index in [0.29, 0.717) is 0 Å². The van der Waals surface area contributed by atoms with Gasteiger partial charge in [-0.2, -0.15) is 13.2 Å². The lowest BCUT2D eigenvalue weighted by molar-refractivity contribution is -0.384. The van der Waals surface area contributed by atoms with E-state index in [1.807, 2.05) is 0 Å². The van der Waals surface area contributed by atoms with Crippen LogP contribution in [0, 0.1) is 10.1 Å². The SMILES string of the molecule is Cn1c(=O)c2c(-c3cccc([N+](=O)[O-])c3)n(-c3cccc(C(F)(F)F)c3)cc2n(C)c1=O. The third-order valence-electron chi connectivity index (χ3n) is 5.22. The van der Waals surface area contributed by atoms with Crippen LogP contribution in [0.1, 0.15) is 5.56 Å². The molecule has 164 valence electrons. The van der Waals surface area contributed by atoms with Crippen LogP contribution >= 0.6 is 0 Å². The molecule has 0 spiro atoms. The zero-order valence-electron chi connectivity index (χ0n) is 16.8. The molecule has 0 aliphatic heterocycles. The average molecular weight is 444 g/mol. The fraction of sp³-hybridized carbons (Fsp3) is 0.143. The van der Waals surface area contributed by atoms with Crippen molar-refractivity contribution >= 4 is 16.6 Å². The number of non-ortho nitro benzene ring substituents is 1. The monoisotopic (exact) mass is 444 g/mol. The molecule has 2 aromatic heterocycles.